The zero-order chi connectivity index (χ0) is 17.3. The van der Waals surface area contributed by atoms with Gasteiger partial charge in [-0.05, 0) is 56.3 Å². The van der Waals surface area contributed by atoms with Gasteiger partial charge in [-0.2, -0.15) is 0 Å². The van der Waals surface area contributed by atoms with E-state index in [2.05, 4.69) is 10.6 Å². The lowest BCUT2D eigenvalue weighted by Gasteiger charge is -2.37. The molecular formula is C20H27N3O2. The summed E-state index contributed by atoms with van der Waals surface area (Å²) in [6.45, 7) is 3.40. The molecule has 1 aromatic rings. The van der Waals surface area contributed by atoms with Gasteiger partial charge in [0, 0.05) is 30.9 Å². The first kappa shape index (κ1) is 16.6. The molecular weight excluding hydrogens is 314 g/mol. The zero-order valence-electron chi connectivity index (χ0n) is 14.7. The second-order valence-electron chi connectivity index (χ2n) is 7.76. The molecule has 0 spiro atoms. The van der Waals surface area contributed by atoms with Crippen molar-refractivity contribution in [2.45, 2.75) is 38.5 Å². The number of carbonyl (C=O) groups excluding carboxylic acids is 2. The fourth-order valence-corrected chi connectivity index (χ4v) is 4.78. The van der Waals surface area contributed by atoms with E-state index in [-0.39, 0.29) is 17.2 Å². The number of fused-ring (bicyclic) bond motifs is 1. The molecule has 2 heterocycles. The van der Waals surface area contributed by atoms with Crippen LogP contribution in [0.3, 0.4) is 0 Å². The monoisotopic (exact) mass is 341 g/mol. The van der Waals surface area contributed by atoms with Crippen LogP contribution in [0.15, 0.2) is 24.3 Å². The maximum Gasteiger partial charge on any atom is 0.253 e. The van der Waals surface area contributed by atoms with Gasteiger partial charge in [-0.3, -0.25) is 9.59 Å². The molecule has 25 heavy (non-hydrogen) atoms. The smallest absolute Gasteiger partial charge is 0.253 e. The fourth-order valence-electron chi connectivity index (χ4n) is 4.78. The molecule has 1 aromatic carbocycles. The van der Waals surface area contributed by atoms with E-state index in [1.54, 1.807) is 0 Å². The minimum Gasteiger partial charge on any atom is -0.339 e. The summed E-state index contributed by atoms with van der Waals surface area (Å²) in [5, 5.41) is 6.53. The summed E-state index contributed by atoms with van der Waals surface area (Å²) in [4.78, 5) is 27.5. The molecule has 5 nitrogen and oxygen atoms in total. The summed E-state index contributed by atoms with van der Waals surface area (Å²) in [5.41, 5.74) is 1.13. The first-order valence-corrected chi connectivity index (χ1v) is 9.61. The van der Waals surface area contributed by atoms with E-state index in [0.717, 1.165) is 64.0 Å². The molecule has 2 aliphatic heterocycles. The molecule has 0 unspecified atom stereocenters. The maximum absolute atomic E-state index is 13.1. The highest BCUT2D eigenvalue weighted by Crippen LogP contribution is 2.44. The van der Waals surface area contributed by atoms with Gasteiger partial charge >= 0.3 is 0 Å². The first-order valence-electron chi connectivity index (χ1n) is 9.61. The third-order valence-electron chi connectivity index (χ3n) is 6.25. The van der Waals surface area contributed by atoms with E-state index in [1.807, 2.05) is 29.2 Å². The van der Waals surface area contributed by atoms with Gasteiger partial charge in [0.2, 0.25) is 5.91 Å². The molecule has 4 rings (SSSR count). The van der Waals surface area contributed by atoms with Crippen LogP contribution in [0.2, 0.25) is 0 Å². The van der Waals surface area contributed by atoms with Crippen LogP contribution in [0.5, 0.6) is 0 Å². The van der Waals surface area contributed by atoms with Crippen LogP contribution in [0.25, 0.3) is 0 Å². The SMILES string of the molecule is O=C(c1cccc(NC(=O)[C@@]23CCCC[C@H]2CNC3)c1)N1CCCC1. The standard InChI is InChI=1S/C20H27N3O2/c24-18(23-10-3-4-11-23)15-6-5-8-17(12-15)22-19(25)20-9-2-1-7-16(20)13-21-14-20/h5-6,8,12,16,21H,1-4,7,9-11,13-14H2,(H,22,25)/t16-,20+/m0/s1. The molecule has 3 fully saturated rings. The van der Waals surface area contributed by atoms with Crippen LogP contribution < -0.4 is 10.6 Å². The lowest BCUT2D eigenvalue weighted by molar-refractivity contribution is -0.128. The highest BCUT2D eigenvalue weighted by molar-refractivity contribution is 5.99. The van der Waals surface area contributed by atoms with Gasteiger partial charge in [-0.15, -0.1) is 0 Å². The Morgan fingerprint density at radius 3 is 2.84 bits per heavy atom. The first-order chi connectivity index (χ1) is 12.2. The van der Waals surface area contributed by atoms with Crippen LogP contribution in [0.1, 0.15) is 48.9 Å². The van der Waals surface area contributed by atoms with Gasteiger partial charge in [-0.1, -0.05) is 18.9 Å². The summed E-state index contributed by atoms with van der Waals surface area (Å²) in [5.74, 6) is 0.633. The van der Waals surface area contributed by atoms with E-state index in [0.29, 0.717) is 11.5 Å². The number of amides is 2. The van der Waals surface area contributed by atoms with Gasteiger partial charge < -0.3 is 15.5 Å². The molecule has 2 saturated heterocycles. The lowest BCUT2D eigenvalue weighted by atomic mass is 9.67. The van der Waals surface area contributed by atoms with E-state index in [1.165, 1.54) is 6.42 Å². The van der Waals surface area contributed by atoms with Crippen molar-refractivity contribution in [1.82, 2.24) is 10.2 Å². The topological polar surface area (TPSA) is 61.4 Å². The van der Waals surface area contributed by atoms with Crippen molar-refractivity contribution in [3.05, 3.63) is 29.8 Å². The van der Waals surface area contributed by atoms with Crippen LogP contribution in [0, 0.1) is 11.3 Å². The molecule has 1 aliphatic carbocycles. The van der Waals surface area contributed by atoms with E-state index in [9.17, 15) is 9.59 Å². The Morgan fingerprint density at radius 2 is 2.00 bits per heavy atom. The van der Waals surface area contributed by atoms with Gasteiger partial charge in [0.15, 0.2) is 0 Å². The summed E-state index contributed by atoms with van der Waals surface area (Å²) in [6, 6.07) is 7.42. The molecule has 0 bridgehead atoms. The van der Waals surface area contributed by atoms with Crippen molar-refractivity contribution >= 4 is 17.5 Å². The number of likely N-dealkylation sites (tertiary alicyclic amines) is 1. The largest absolute Gasteiger partial charge is 0.339 e. The zero-order valence-corrected chi connectivity index (χ0v) is 14.7. The lowest BCUT2D eigenvalue weighted by Crippen LogP contribution is -2.44. The molecule has 5 heteroatoms. The second kappa shape index (κ2) is 6.79. The van der Waals surface area contributed by atoms with E-state index >= 15 is 0 Å². The van der Waals surface area contributed by atoms with Crippen molar-refractivity contribution in [3.8, 4) is 0 Å². The normalized spacial score (nSPS) is 28.6. The number of anilines is 1. The Morgan fingerprint density at radius 1 is 1.16 bits per heavy atom. The number of nitrogens with zero attached hydrogens (tertiary/aromatic N) is 1. The highest BCUT2D eigenvalue weighted by atomic mass is 16.2. The van der Waals surface area contributed by atoms with Crippen molar-refractivity contribution in [2.75, 3.05) is 31.5 Å². The molecule has 2 amide bonds. The number of nitrogens with one attached hydrogen (secondary N) is 2. The Hall–Kier alpha value is -1.88. The minimum absolute atomic E-state index is 0.0739. The fraction of sp³-hybridized carbons (Fsp3) is 0.600. The van der Waals surface area contributed by atoms with Crippen LogP contribution >= 0.6 is 0 Å². The van der Waals surface area contributed by atoms with Crippen molar-refractivity contribution in [2.24, 2.45) is 11.3 Å². The Balaban J connectivity index is 1.50. The molecule has 2 N–H and O–H groups in total. The average molecular weight is 341 g/mol. The third-order valence-corrected chi connectivity index (χ3v) is 6.25. The summed E-state index contributed by atoms with van der Waals surface area (Å²) in [7, 11) is 0. The van der Waals surface area contributed by atoms with Gasteiger partial charge in [-0.25, -0.2) is 0 Å². The van der Waals surface area contributed by atoms with Crippen molar-refractivity contribution in [1.29, 1.82) is 0 Å². The predicted molar refractivity (Wildman–Crippen MR) is 97.5 cm³/mol. The summed E-state index contributed by atoms with van der Waals surface area (Å²) in [6.07, 6.45) is 6.61. The van der Waals surface area contributed by atoms with Crippen LogP contribution in [0.4, 0.5) is 5.69 Å². The molecule has 1 saturated carbocycles. The number of benzene rings is 1. The van der Waals surface area contributed by atoms with Gasteiger partial charge in [0.05, 0.1) is 5.41 Å². The van der Waals surface area contributed by atoms with Crippen LogP contribution in [-0.2, 0) is 4.79 Å². The third kappa shape index (κ3) is 3.06. The second-order valence-corrected chi connectivity index (χ2v) is 7.76. The Bertz CT molecular complexity index is 669. The van der Waals surface area contributed by atoms with Crippen molar-refractivity contribution in [3.63, 3.8) is 0 Å². The molecule has 0 aromatic heterocycles. The highest BCUT2D eigenvalue weighted by Gasteiger charge is 2.49. The molecule has 134 valence electrons. The number of hydrogen-bond acceptors (Lipinski definition) is 3. The molecule has 3 aliphatic rings. The van der Waals surface area contributed by atoms with Gasteiger partial charge in [0.25, 0.3) is 5.91 Å². The van der Waals surface area contributed by atoms with Gasteiger partial charge in [0.1, 0.15) is 0 Å². The average Bonchev–Trinajstić information content (AvgIpc) is 3.31. The van der Waals surface area contributed by atoms with E-state index < -0.39 is 0 Å². The molecule has 0 radical (unpaired) electrons. The Labute approximate surface area is 149 Å². The Kier molecular flexibility index (Phi) is 4.50. The maximum atomic E-state index is 13.1. The minimum atomic E-state index is -0.271. The van der Waals surface area contributed by atoms with Crippen LogP contribution in [-0.4, -0.2) is 42.9 Å². The number of hydrogen-bond donors (Lipinski definition) is 2. The quantitative estimate of drug-likeness (QED) is 0.888. The number of carbonyl (C=O) groups is 2. The van der Waals surface area contributed by atoms with E-state index in [4.69, 9.17) is 0 Å². The predicted octanol–water partition coefficient (Wildman–Crippen LogP) is 2.64. The van der Waals surface area contributed by atoms with Crippen molar-refractivity contribution < 1.29 is 9.59 Å². The summed E-state index contributed by atoms with van der Waals surface area (Å²) < 4.78 is 0. The molecule has 2 atom stereocenters. The summed E-state index contributed by atoms with van der Waals surface area (Å²) >= 11 is 0. The number of rotatable bonds is 3.